The van der Waals surface area contributed by atoms with Crippen LogP contribution >= 0.6 is 0 Å². The number of hydrogen-bond donors (Lipinski definition) is 1. The normalized spacial score (nSPS) is 19.7. The summed E-state index contributed by atoms with van der Waals surface area (Å²) in [6.45, 7) is 5.45. The molecule has 0 fully saturated rings. The molecule has 0 saturated heterocycles. The zero-order valence-electron chi connectivity index (χ0n) is 11.6. The first-order valence-corrected chi connectivity index (χ1v) is 6.76. The van der Waals surface area contributed by atoms with Crippen LogP contribution in [0.15, 0.2) is 24.3 Å². The van der Waals surface area contributed by atoms with Crippen molar-refractivity contribution in [3.63, 3.8) is 0 Å². The standard InChI is InChI=1S/C15H24N2O/c1-12(9-16-2)10-17(3)11-14-8-13-6-4-5-7-15(13)18-14/h4-7,12,14,16H,8-11H2,1-3H3. The number of rotatable bonds is 6. The molecule has 0 amide bonds. The predicted octanol–water partition coefficient (Wildman–Crippen LogP) is 1.78. The molecular weight excluding hydrogens is 224 g/mol. The summed E-state index contributed by atoms with van der Waals surface area (Å²) in [4.78, 5) is 2.37. The van der Waals surface area contributed by atoms with Crippen molar-refractivity contribution in [1.29, 1.82) is 0 Å². The average molecular weight is 248 g/mol. The van der Waals surface area contributed by atoms with E-state index in [1.165, 1.54) is 5.56 Å². The van der Waals surface area contributed by atoms with Crippen molar-refractivity contribution in [1.82, 2.24) is 10.2 Å². The molecule has 100 valence electrons. The van der Waals surface area contributed by atoms with Gasteiger partial charge >= 0.3 is 0 Å². The molecule has 0 saturated carbocycles. The molecule has 0 aliphatic carbocycles. The van der Waals surface area contributed by atoms with Crippen molar-refractivity contribution in [3.8, 4) is 5.75 Å². The van der Waals surface area contributed by atoms with Crippen LogP contribution in [0.4, 0.5) is 0 Å². The highest BCUT2D eigenvalue weighted by Gasteiger charge is 2.23. The van der Waals surface area contributed by atoms with Gasteiger partial charge in [-0.15, -0.1) is 0 Å². The molecule has 2 rings (SSSR count). The van der Waals surface area contributed by atoms with E-state index in [4.69, 9.17) is 4.74 Å². The number of likely N-dealkylation sites (N-methyl/N-ethyl adjacent to an activating group) is 1. The van der Waals surface area contributed by atoms with Crippen molar-refractivity contribution < 1.29 is 4.74 Å². The van der Waals surface area contributed by atoms with Crippen molar-refractivity contribution in [2.75, 3.05) is 33.7 Å². The first kappa shape index (κ1) is 13.4. The SMILES string of the molecule is CNCC(C)CN(C)CC1Cc2ccccc2O1. The Kier molecular flexibility index (Phi) is 4.61. The second-order valence-corrected chi connectivity index (χ2v) is 5.44. The number of ether oxygens (including phenoxy) is 1. The summed E-state index contributed by atoms with van der Waals surface area (Å²) >= 11 is 0. The Bertz CT molecular complexity index is 356. The highest BCUT2D eigenvalue weighted by atomic mass is 16.5. The molecular formula is C15H24N2O. The highest BCUT2D eigenvalue weighted by Crippen LogP contribution is 2.28. The van der Waals surface area contributed by atoms with Gasteiger partial charge in [0.15, 0.2) is 0 Å². The van der Waals surface area contributed by atoms with Crippen molar-refractivity contribution in [2.45, 2.75) is 19.4 Å². The lowest BCUT2D eigenvalue weighted by molar-refractivity contribution is 0.158. The maximum absolute atomic E-state index is 5.96. The topological polar surface area (TPSA) is 24.5 Å². The minimum atomic E-state index is 0.314. The average Bonchev–Trinajstić information content (AvgIpc) is 2.70. The van der Waals surface area contributed by atoms with Gasteiger partial charge < -0.3 is 15.0 Å². The summed E-state index contributed by atoms with van der Waals surface area (Å²) in [5.74, 6) is 1.74. The Morgan fingerprint density at radius 1 is 1.44 bits per heavy atom. The number of fused-ring (bicyclic) bond motifs is 1. The van der Waals surface area contributed by atoms with E-state index in [9.17, 15) is 0 Å². The highest BCUT2D eigenvalue weighted by molar-refractivity contribution is 5.37. The minimum absolute atomic E-state index is 0.314. The molecule has 2 unspecified atom stereocenters. The van der Waals surface area contributed by atoms with Crippen LogP contribution in [-0.2, 0) is 6.42 Å². The summed E-state index contributed by atoms with van der Waals surface area (Å²) in [6, 6.07) is 8.36. The van der Waals surface area contributed by atoms with Gasteiger partial charge in [0.25, 0.3) is 0 Å². The smallest absolute Gasteiger partial charge is 0.123 e. The van der Waals surface area contributed by atoms with E-state index in [2.05, 4.69) is 42.4 Å². The quantitative estimate of drug-likeness (QED) is 0.830. The first-order chi connectivity index (χ1) is 8.69. The maximum atomic E-state index is 5.96. The fourth-order valence-corrected chi connectivity index (χ4v) is 2.72. The maximum Gasteiger partial charge on any atom is 0.123 e. The van der Waals surface area contributed by atoms with Crippen LogP contribution < -0.4 is 10.1 Å². The third kappa shape index (κ3) is 3.47. The van der Waals surface area contributed by atoms with Crippen LogP contribution in [0.5, 0.6) is 5.75 Å². The van der Waals surface area contributed by atoms with Crippen molar-refractivity contribution in [2.24, 2.45) is 5.92 Å². The van der Waals surface area contributed by atoms with Crippen LogP contribution in [0.25, 0.3) is 0 Å². The lowest BCUT2D eigenvalue weighted by Gasteiger charge is -2.23. The van der Waals surface area contributed by atoms with Crippen LogP contribution in [-0.4, -0.2) is 44.7 Å². The summed E-state index contributed by atoms with van der Waals surface area (Å²) in [6.07, 6.45) is 1.36. The summed E-state index contributed by atoms with van der Waals surface area (Å²) < 4.78 is 5.96. The van der Waals surface area contributed by atoms with Crippen molar-refractivity contribution in [3.05, 3.63) is 29.8 Å². The van der Waals surface area contributed by atoms with Gasteiger partial charge in [-0.05, 0) is 38.2 Å². The van der Waals surface area contributed by atoms with Gasteiger partial charge in [0.1, 0.15) is 11.9 Å². The molecule has 1 aliphatic rings. The van der Waals surface area contributed by atoms with Crippen LogP contribution in [0.1, 0.15) is 12.5 Å². The number of para-hydroxylation sites is 1. The third-order valence-corrected chi connectivity index (χ3v) is 3.41. The lowest BCUT2D eigenvalue weighted by atomic mass is 10.1. The van der Waals surface area contributed by atoms with E-state index >= 15 is 0 Å². The third-order valence-electron chi connectivity index (χ3n) is 3.41. The molecule has 3 heteroatoms. The molecule has 2 atom stereocenters. The molecule has 1 aromatic rings. The van der Waals surface area contributed by atoms with E-state index in [-0.39, 0.29) is 0 Å². The van der Waals surface area contributed by atoms with Crippen LogP contribution in [0.3, 0.4) is 0 Å². The molecule has 1 aromatic carbocycles. The van der Waals surface area contributed by atoms with Crippen LogP contribution in [0, 0.1) is 5.92 Å². The van der Waals surface area contributed by atoms with E-state index in [0.717, 1.165) is 31.8 Å². The molecule has 1 N–H and O–H groups in total. The number of benzene rings is 1. The number of nitrogens with zero attached hydrogens (tertiary/aromatic N) is 1. The van der Waals surface area contributed by atoms with E-state index in [1.807, 2.05) is 13.1 Å². The summed E-state index contributed by atoms with van der Waals surface area (Å²) in [7, 11) is 4.19. The van der Waals surface area contributed by atoms with Gasteiger partial charge in [-0.2, -0.15) is 0 Å². The molecule has 1 heterocycles. The largest absolute Gasteiger partial charge is 0.488 e. The molecule has 18 heavy (non-hydrogen) atoms. The number of nitrogens with one attached hydrogen (secondary N) is 1. The molecule has 0 bridgehead atoms. The molecule has 0 radical (unpaired) electrons. The second kappa shape index (κ2) is 6.21. The van der Waals surface area contributed by atoms with Crippen molar-refractivity contribution >= 4 is 0 Å². The zero-order valence-corrected chi connectivity index (χ0v) is 11.6. The van der Waals surface area contributed by atoms with Gasteiger partial charge in [-0.3, -0.25) is 0 Å². The number of hydrogen-bond acceptors (Lipinski definition) is 3. The minimum Gasteiger partial charge on any atom is -0.488 e. The van der Waals surface area contributed by atoms with Gasteiger partial charge in [-0.25, -0.2) is 0 Å². The Labute approximate surface area is 110 Å². The second-order valence-electron chi connectivity index (χ2n) is 5.44. The summed E-state index contributed by atoms with van der Waals surface area (Å²) in [5.41, 5.74) is 1.35. The molecule has 0 spiro atoms. The fraction of sp³-hybridized carbons (Fsp3) is 0.600. The van der Waals surface area contributed by atoms with Gasteiger partial charge in [-0.1, -0.05) is 25.1 Å². The Hall–Kier alpha value is -1.06. The summed E-state index contributed by atoms with van der Waals surface area (Å²) in [5, 5.41) is 3.22. The van der Waals surface area contributed by atoms with E-state index < -0.39 is 0 Å². The molecule has 3 nitrogen and oxygen atoms in total. The monoisotopic (exact) mass is 248 g/mol. The van der Waals surface area contributed by atoms with Gasteiger partial charge in [0.2, 0.25) is 0 Å². The fourth-order valence-electron chi connectivity index (χ4n) is 2.72. The van der Waals surface area contributed by atoms with Crippen LogP contribution in [0.2, 0.25) is 0 Å². The lowest BCUT2D eigenvalue weighted by Crippen LogP contribution is -2.36. The van der Waals surface area contributed by atoms with Gasteiger partial charge in [0.05, 0.1) is 0 Å². The predicted molar refractivity (Wildman–Crippen MR) is 75.1 cm³/mol. The Morgan fingerprint density at radius 2 is 2.22 bits per heavy atom. The zero-order chi connectivity index (χ0) is 13.0. The Balaban J connectivity index is 1.79. The van der Waals surface area contributed by atoms with Gasteiger partial charge in [0, 0.05) is 19.5 Å². The first-order valence-electron chi connectivity index (χ1n) is 6.76. The molecule has 1 aliphatic heterocycles. The van der Waals surface area contributed by atoms with E-state index in [1.54, 1.807) is 0 Å². The molecule has 0 aromatic heterocycles. The Morgan fingerprint density at radius 3 is 2.94 bits per heavy atom. The van der Waals surface area contributed by atoms with E-state index in [0.29, 0.717) is 12.0 Å².